The molecule has 0 saturated carbocycles. The highest BCUT2D eigenvalue weighted by molar-refractivity contribution is 5.92. The molecule has 9 nitrogen and oxygen atoms in total. The number of nitro benzene ring substituents is 1. The van der Waals surface area contributed by atoms with Gasteiger partial charge in [0.05, 0.1) is 18.0 Å². The number of nitrogens with one attached hydrogen (secondary N) is 1. The molecule has 0 spiro atoms. The predicted octanol–water partition coefficient (Wildman–Crippen LogP) is 2.36. The monoisotopic (exact) mass is 389 g/mol. The highest BCUT2D eigenvalue weighted by Crippen LogP contribution is 2.16. The molecule has 9 heteroatoms. The van der Waals surface area contributed by atoms with E-state index in [2.05, 4.69) is 5.32 Å². The smallest absolute Gasteiger partial charge is 0.269 e. The summed E-state index contributed by atoms with van der Waals surface area (Å²) in [5.74, 6) is -0.139. The van der Waals surface area contributed by atoms with Crippen molar-refractivity contribution >= 4 is 17.3 Å². The van der Waals surface area contributed by atoms with Gasteiger partial charge in [0.15, 0.2) is 6.29 Å². The molecular formula is C19H23N3O6. The minimum absolute atomic E-state index is 0.00651. The maximum absolute atomic E-state index is 12.4. The molecule has 0 heterocycles. The van der Waals surface area contributed by atoms with Crippen molar-refractivity contribution in [2.75, 3.05) is 32.6 Å². The van der Waals surface area contributed by atoms with Gasteiger partial charge in [-0.15, -0.1) is 0 Å². The van der Waals surface area contributed by atoms with Gasteiger partial charge in [-0.3, -0.25) is 19.8 Å². The van der Waals surface area contributed by atoms with E-state index >= 15 is 0 Å². The maximum atomic E-state index is 12.4. The van der Waals surface area contributed by atoms with Gasteiger partial charge in [-0.05, 0) is 29.8 Å². The minimum Gasteiger partial charge on any atom is -0.508 e. The van der Waals surface area contributed by atoms with Crippen molar-refractivity contribution < 1.29 is 24.3 Å². The predicted molar refractivity (Wildman–Crippen MR) is 103 cm³/mol. The van der Waals surface area contributed by atoms with Crippen LogP contribution in [-0.4, -0.2) is 54.4 Å². The van der Waals surface area contributed by atoms with Crippen LogP contribution < -0.4 is 5.32 Å². The van der Waals surface area contributed by atoms with Gasteiger partial charge in [-0.25, -0.2) is 0 Å². The van der Waals surface area contributed by atoms with Crippen molar-refractivity contribution in [3.63, 3.8) is 0 Å². The Morgan fingerprint density at radius 3 is 2.29 bits per heavy atom. The van der Waals surface area contributed by atoms with Crippen molar-refractivity contribution in [2.45, 2.75) is 12.8 Å². The van der Waals surface area contributed by atoms with Gasteiger partial charge in [-0.2, -0.15) is 0 Å². The van der Waals surface area contributed by atoms with E-state index in [1.807, 2.05) is 4.90 Å². The quantitative estimate of drug-likeness (QED) is 0.277. The van der Waals surface area contributed by atoms with E-state index < -0.39 is 11.2 Å². The summed E-state index contributed by atoms with van der Waals surface area (Å²) >= 11 is 0. The fourth-order valence-electron chi connectivity index (χ4n) is 2.57. The number of phenolic OH excluding ortho intramolecular Hbond substituents is 1. The van der Waals surface area contributed by atoms with E-state index in [-0.39, 0.29) is 23.9 Å². The lowest BCUT2D eigenvalue weighted by molar-refractivity contribution is -0.384. The van der Waals surface area contributed by atoms with Crippen LogP contribution in [-0.2, 0) is 20.8 Å². The molecule has 2 aromatic carbocycles. The van der Waals surface area contributed by atoms with Crippen molar-refractivity contribution in [1.29, 1.82) is 0 Å². The Labute approximate surface area is 162 Å². The molecule has 1 amide bonds. The normalized spacial score (nSPS) is 11.0. The van der Waals surface area contributed by atoms with Gasteiger partial charge in [-0.1, -0.05) is 12.1 Å². The first-order valence-electron chi connectivity index (χ1n) is 8.51. The van der Waals surface area contributed by atoms with Crippen LogP contribution in [0.1, 0.15) is 5.56 Å². The summed E-state index contributed by atoms with van der Waals surface area (Å²) in [5, 5.41) is 22.9. The number of carbonyl (C=O) groups excluding carboxylic acids is 1. The molecule has 0 saturated heterocycles. The Morgan fingerprint density at radius 2 is 1.75 bits per heavy atom. The van der Waals surface area contributed by atoms with Crippen LogP contribution in [0.5, 0.6) is 5.75 Å². The Bertz CT molecular complexity index is 775. The van der Waals surface area contributed by atoms with E-state index in [0.717, 1.165) is 5.56 Å². The second kappa shape index (κ2) is 10.4. The van der Waals surface area contributed by atoms with Gasteiger partial charge < -0.3 is 19.9 Å². The highest BCUT2D eigenvalue weighted by Gasteiger charge is 2.17. The first-order valence-corrected chi connectivity index (χ1v) is 8.51. The SMILES string of the molecule is COC(CN(CC(=O)Nc1ccc(O)cc1)Cc1ccc([N+](=O)[O-])cc1)OC. The van der Waals surface area contributed by atoms with Crippen LogP contribution in [0.25, 0.3) is 0 Å². The lowest BCUT2D eigenvalue weighted by Gasteiger charge is -2.25. The molecule has 2 aromatic rings. The minimum atomic E-state index is -0.528. The number of anilines is 1. The first kappa shape index (κ1) is 21.3. The lowest BCUT2D eigenvalue weighted by Crippen LogP contribution is -2.39. The average Bonchev–Trinajstić information content (AvgIpc) is 2.68. The number of methoxy groups -OCH3 is 2. The summed E-state index contributed by atoms with van der Waals surface area (Å²) < 4.78 is 10.4. The summed E-state index contributed by atoms with van der Waals surface area (Å²) in [4.78, 5) is 24.6. The van der Waals surface area contributed by atoms with Crippen molar-refractivity contribution in [3.05, 3.63) is 64.2 Å². The topological polar surface area (TPSA) is 114 Å². The Balaban J connectivity index is 2.05. The number of nitro groups is 1. The molecule has 0 aromatic heterocycles. The van der Waals surface area contributed by atoms with E-state index in [1.165, 1.54) is 38.5 Å². The molecule has 0 atom stereocenters. The van der Waals surface area contributed by atoms with Gasteiger partial charge in [0.2, 0.25) is 5.91 Å². The molecule has 0 unspecified atom stereocenters. The zero-order valence-electron chi connectivity index (χ0n) is 15.7. The van der Waals surface area contributed by atoms with Crippen LogP contribution in [0.4, 0.5) is 11.4 Å². The molecule has 28 heavy (non-hydrogen) atoms. The van der Waals surface area contributed by atoms with Crippen LogP contribution >= 0.6 is 0 Å². The van der Waals surface area contributed by atoms with Crippen molar-refractivity contribution in [3.8, 4) is 5.75 Å². The maximum Gasteiger partial charge on any atom is 0.269 e. The van der Waals surface area contributed by atoms with Crippen LogP contribution in [0.3, 0.4) is 0 Å². The van der Waals surface area contributed by atoms with Gasteiger partial charge in [0, 0.05) is 38.6 Å². The van der Waals surface area contributed by atoms with Gasteiger partial charge >= 0.3 is 0 Å². The molecule has 2 N–H and O–H groups in total. The fourth-order valence-corrected chi connectivity index (χ4v) is 2.57. The zero-order chi connectivity index (χ0) is 20.5. The van der Waals surface area contributed by atoms with Crippen molar-refractivity contribution in [1.82, 2.24) is 4.90 Å². The van der Waals surface area contributed by atoms with Crippen molar-refractivity contribution in [2.24, 2.45) is 0 Å². The highest BCUT2D eigenvalue weighted by atomic mass is 16.7. The average molecular weight is 389 g/mol. The number of hydrogen-bond donors (Lipinski definition) is 2. The molecule has 0 aliphatic heterocycles. The van der Waals surface area contributed by atoms with Crippen LogP contribution in [0.15, 0.2) is 48.5 Å². The number of hydrogen-bond acceptors (Lipinski definition) is 7. The third-order valence-electron chi connectivity index (χ3n) is 4.00. The fraction of sp³-hybridized carbons (Fsp3) is 0.316. The summed E-state index contributed by atoms with van der Waals surface area (Å²) in [6.45, 7) is 0.762. The number of benzene rings is 2. The van der Waals surface area contributed by atoms with E-state index in [0.29, 0.717) is 18.8 Å². The molecule has 2 rings (SSSR count). The third kappa shape index (κ3) is 6.62. The second-order valence-corrected chi connectivity index (χ2v) is 6.09. The molecule has 0 fully saturated rings. The van der Waals surface area contributed by atoms with E-state index in [9.17, 15) is 20.0 Å². The summed E-state index contributed by atoms with van der Waals surface area (Å²) in [6.07, 6.45) is -0.528. The van der Waals surface area contributed by atoms with Gasteiger partial charge in [0.1, 0.15) is 5.75 Å². The molecule has 0 radical (unpaired) electrons. The molecule has 0 bridgehead atoms. The number of amides is 1. The molecule has 0 aliphatic rings. The Hall–Kier alpha value is -3.01. The summed E-state index contributed by atoms with van der Waals surface area (Å²) in [7, 11) is 3.02. The number of rotatable bonds is 10. The largest absolute Gasteiger partial charge is 0.508 e. The van der Waals surface area contributed by atoms with E-state index in [4.69, 9.17) is 9.47 Å². The van der Waals surface area contributed by atoms with Crippen LogP contribution in [0.2, 0.25) is 0 Å². The molecule has 0 aliphatic carbocycles. The first-order chi connectivity index (χ1) is 13.4. The Kier molecular flexibility index (Phi) is 7.88. The number of phenols is 1. The number of carbonyl (C=O) groups is 1. The molecular weight excluding hydrogens is 366 g/mol. The third-order valence-corrected chi connectivity index (χ3v) is 4.00. The van der Waals surface area contributed by atoms with Gasteiger partial charge in [0.25, 0.3) is 5.69 Å². The lowest BCUT2D eigenvalue weighted by atomic mass is 10.2. The van der Waals surface area contributed by atoms with E-state index in [1.54, 1.807) is 24.3 Å². The summed E-state index contributed by atoms with van der Waals surface area (Å²) in [5.41, 5.74) is 1.38. The number of ether oxygens (including phenoxy) is 2. The summed E-state index contributed by atoms with van der Waals surface area (Å²) in [6, 6.07) is 12.3. The standard InChI is InChI=1S/C19H23N3O6/c1-27-19(28-2)13-21(11-14-3-7-16(8-4-14)22(25)26)12-18(24)20-15-5-9-17(23)10-6-15/h3-10,19,23H,11-13H2,1-2H3,(H,20,24). The number of aromatic hydroxyl groups is 1. The zero-order valence-corrected chi connectivity index (χ0v) is 15.7. The number of nitrogens with zero attached hydrogens (tertiary/aromatic N) is 2. The Morgan fingerprint density at radius 1 is 1.14 bits per heavy atom. The van der Waals surface area contributed by atoms with Crippen LogP contribution in [0, 0.1) is 10.1 Å². The second-order valence-electron chi connectivity index (χ2n) is 6.09. The molecule has 150 valence electrons. The number of non-ortho nitro benzene ring substituents is 1.